The number of ether oxygens (including phenoxy) is 1. The van der Waals surface area contributed by atoms with E-state index in [0.717, 1.165) is 11.1 Å². The van der Waals surface area contributed by atoms with Crippen LogP contribution in [0.15, 0.2) is 48.5 Å². The minimum absolute atomic E-state index is 0.186. The minimum Gasteiger partial charge on any atom is -0.483 e. The van der Waals surface area contributed by atoms with E-state index in [4.69, 9.17) is 4.74 Å². The number of para-hydroxylation sites is 1. The largest absolute Gasteiger partial charge is 0.483 e. The predicted octanol–water partition coefficient (Wildman–Crippen LogP) is 3.88. The minimum atomic E-state index is -0.684. The quantitative estimate of drug-likeness (QED) is 0.695. The number of rotatable bonds is 9. The second kappa shape index (κ2) is 10.6. The number of nitrogens with zero attached hydrogens (tertiary/aromatic N) is 1. The molecule has 0 spiro atoms. The van der Waals surface area contributed by atoms with Gasteiger partial charge in [-0.2, -0.15) is 0 Å². The van der Waals surface area contributed by atoms with Gasteiger partial charge in [0.2, 0.25) is 5.91 Å². The first-order valence-electron chi connectivity index (χ1n) is 9.86. The second-order valence-electron chi connectivity index (χ2n) is 7.20. The van der Waals surface area contributed by atoms with E-state index in [1.165, 1.54) is 17.0 Å². The van der Waals surface area contributed by atoms with Crippen molar-refractivity contribution in [2.24, 2.45) is 0 Å². The lowest BCUT2D eigenvalue weighted by Crippen LogP contribution is -2.49. The molecular weight excluding hydrogens is 371 g/mol. The zero-order chi connectivity index (χ0) is 21.4. The first-order valence-corrected chi connectivity index (χ1v) is 9.86. The Kier molecular flexibility index (Phi) is 8.19. The van der Waals surface area contributed by atoms with E-state index in [2.05, 4.69) is 19.2 Å². The third-order valence-corrected chi connectivity index (χ3v) is 4.68. The zero-order valence-corrected chi connectivity index (χ0v) is 17.4. The van der Waals surface area contributed by atoms with Gasteiger partial charge in [-0.3, -0.25) is 9.59 Å². The molecule has 0 unspecified atom stereocenters. The van der Waals surface area contributed by atoms with Gasteiger partial charge in [-0.15, -0.1) is 0 Å². The molecule has 0 aliphatic heterocycles. The second-order valence-corrected chi connectivity index (χ2v) is 7.20. The summed E-state index contributed by atoms with van der Waals surface area (Å²) in [4.78, 5) is 26.8. The molecule has 0 radical (unpaired) electrons. The monoisotopic (exact) mass is 400 g/mol. The summed E-state index contributed by atoms with van der Waals surface area (Å²) in [6.07, 6.45) is 0. The van der Waals surface area contributed by atoms with Crippen molar-refractivity contribution in [3.63, 3.8) is 0 Å². The molecule has 0 heterocycles. The van der Waals surface area contributed by atoms with Gasteiger partial charge in [-0.05, 0) is 49.1 Å². The average molecular weight is 400 g/mol. The van der Waals surface area contributed by atoms with Crippen LogP contribution in [0, 0.1) is 5.82 Å². The Labute approximate surface area is 171 Å². The molecule has 29 heavy (non-hydrogen) atoms. The van der Waals surface area contributed by atoms with Crippen molar-refractivity contribution in [1.82, 2.24) is 10.2 Å². The van der Waals surface area contributed by atoms with E-state index < -0.39 is 6.04 Å². The van der Waals surface area contributed by atoms with Crippen LogP contribution in [-0.4, -0.2) is 35.9 Å². The summed E-state index contributed by atoms with van der Waals surface area (Å²) in [6.45, 7) is 8.09. The van der Waals surface area contributed by atoms with Gasteiger partial charge in [-0.1, -0.05) is 44.2 Å². The maximum atomic E-state index is 13.2. The number of likely N-dealkylation sites (N-methyl/N-ethyl adjacent to an activating group) is 1. The van der Waals surface area contributed by atoms with Gasteiger partial charge in [0.25, 0.3) is 5.91 Å². The van der Waals surface area contributed by atoms with E-state index in [1.807, 2.05) is 31.2 Å². The molecule has 0 bridgehead atoms. The molecule has 0 saturated carbocycles. The average Bonchev–Trinajstić information content (AvgIpc) is 2.71. The van der Waals surface area contributed by atoms with Crippen LogP contribution in [0.2, 0.25) is 0 Å². The summed E-state index contributed by atoms with van der Waals surface area (Å²) >= 11 is 0. The van der Waals surface area contributed by atoms with Crippen molar-refractivity contribution in [2.75, 3.05) is 13.2 Å². The van der Waals surface area contributed by atoms with E-state index in [-0.39, 0.29) is 36.7 Å². The number of nitrogens with one attached hydrogen (secondary N) is 1. The molecule has 0 fully saturated rings. The molecule has 156 valence electrons. The van der Waals surface area contributed by atoms with E-state index in [0.29, 0.717) is 12.3 Å². The van der Waals surface area contributed by atoms with Gasteiger partial charge in [-0.25, -0.2) is 4.39 Å². The Morgan fingerprint density at radius 1 is 1.07 bits per heavy atom. The van der Waals surface area contributed by atoms with E-state index in [1.54, 1.807) is 19.1 Å². The molecule has 1 N–H and O–H groups in total. The highest BCUT2D eigenvalue weighted by molar-refractivity contribution is 5.87. The molecule has 0 aliphatic rings. The van der Waals surface area contributed by atoms with Crippen LogP contribution < -0.4 is 10.1 Å². The molecule has 1 atom stereocenters. The number of carbonyl (C=O) groups excluding carboxylic acids is 2. The summed E-state index contributed by atoms with van der Waals surface area (Å²) in [5.41, 5.74) is 1.75. The SMILES string of the molecule is CCNC(=O)[C@@H](C)N(Cc1ccc(F)cc1)C(=O)COc1ccccc1C(C)C. The van der Waals surface area contributed by atoms with E-state index in [9.17, 15) is 14.0 Å². The lowest BCUT2D eigenvalue weighted by Gasteiger charge is -2.29. The van der Waals surface area contributed by atoms with E-state index >= 15 is 0 Å². The normalized spacial score (nSPS) is 11.8. The molecule has 5 nitrogen and oxygen atoms in total. The molecule has 0 aliphatic carbocycles. The van der Waals surface area contributed by atoms with Gasteiger partial charge in [0.15, 0.2) is 6.61 Å². The molecule has 2 rings (SSSR count). The van der Waals surface area contributed by atoms with Gasteiger partial charge < -0.3 is 15.0 Å². The number of hydrogen-bond donors (Lipinski definition) is 1. The lowest BCUT2D eigenvalue weighted by molar-refractivity contribution is -0.142. The Bertz CT molecular complexity index is 821. The van der Waals surface area contributed by atoms with Crippen LogP contribution in [0.25, 0.3) is 0 Å². The maximum absolute atomic E-state index is 13.2. The summed E-state index contributed by atoms with van der Waals surface area (Å²) in [6, 6.07) is 12.8. The number of hydrogen-bond acceptors (Lipinski definition) is 3. The fraction of sp³-hybridized carbons (Fsp3) is 0.391. The van der Waals surface area contributed by atoms with Crippen molar-refractivity contribution in [2.45, 2.75) is 46.2 Å². The number of halogens is 1. The molecule has 0 aromatic heterocycles. The van der Waals surface area contributed by atoms with Crippen molar-refractivity contribution in [1.29, 1.82) is 0 Å². The fourth-order valence-corrected chi connectivity index (χ4v) is 3.00. The van der Waals surface area contributed by atoms with Gasteiger partial charge in [0, 0.05) is 13.1 Å². The summed E-state index contributed by atoms with van der Waals surface area (Å²) < 4.78 is 19.0. The first kappa shape index (κ1) is 22.4. The predicted molar refractivity (Wildman–Crippen MR) is 111 cm³/mol. The smallest absolute Gasteiger partial charge is 0.261 e. The highest BCUT2D eigenvalue weighted by Crippen LogP contribution is 2.26. The number of benzene rings is 2. The summed E-state index contributed by atoms with van der Waals surface area (Å²) in [5, 5.41) is 2.74. The third-order valence-electron chi connectivity index (χ3n) is 4.68. The number of amides is 2. The molecule has 2 amide bonds. The van der Waals surface area contributed by atoms with Crippen molar-refractivity contribution in [3.05, 3.63) is 65.5 Å². The van der Waals surface area contributed by atoms with Crippen molar-refractivity contribution in [3.8, 4) is 5.75 Å². The van der Waals surface area contributed by atoms with Crippen LogP contribution >= 0.6 is 0 Å². The van der Waals surface area contributed by atoms with Crippen LogP contribution in [-0.2, 0) is 16.1 Å². The maximum Gasteiger partial charge on any atom is 0.261 e. The van der Waals surface area contributed by atoms with Gasteiger partial charge in [0.1, 0.15) is 17.6 Å². The molecule has 2 aromatic rings. The Balaban J connectivity index is 2.17. The summed E-state index contributed by atoms with van der Waals surface area (Å²) in [5.74, 6) is 0.00308. The zero-order valence-electron chi connectivity index (χ0n) is 17.4. The van der Waals surface area contributed by atoms with Gasteiger partial charge in [0.05, 0.1) is 0 Å². The van der Waals surface area contributed by atoms with Crippen molar-refractivity contribution >= 4 is 11.8 Å². The van der Waals surface area contributed by atoms with Crippen LogP contribution in [0.5, 0.6) is 5.75 Å². The van der Waals surface area contributed by atoms with Crippen LogP contribution in [0.4, 0.5) is 4.39 Å². The van der Waals surface area contributed by atoms with Crippen LogP contribution in [0.1, 0.15) is 44.7 Å². The fourth-order valence-electron chi connectivity index (χ4n) is 3.00. The Hall–Kier alpha value is -2.89. The summed E-state index contributed by atoms with van der Waals surface area (Å²) in [7, 11) is 0. The third kappa shape index (κ3) is 6.31. The molecule has 0 saturated heterocycles. The van der Waals surface area contributed by atoms with Gasteiger partial charge >= 0.3 is 0 Å². The topological polar surface area (TPSA) is 58.6 Å². The first-order chi connectivity index (χ1) is 13.8. The Morgan fingerprint density at radius 2 is 1.72 bits per heavy atom. The Morgan fingerprint density at radius 3 is 2.34 bits per heavy atom. The lowest BCUT2D eigenvalue weighted by atomic mass is 10.0. The molecule has 6 heteroatoms. The molecule has 2 aromatic carbocycles. The highest BCUT2D eigenvalue weighted by atomic mass is 19.1. The van der Waals surface area contributed by atoms with Crippen LogP contribution in [0.3, 0.4) is 0 Å². The van der Waals surface area contributed by atoms with Crippen molar-refractivity contribution < 1.29 is 18.7 Å². The highest BCUT2D eigenvalue weighted by Gasteiger charge is 2.26. The standard InChI is InChI=1S/C23H29FN2O3/c1-5-25-23(28)17(4)26(14-18-10-12-19(24)13-11-18)22(27)15-29-21-9-7-6-8-20(21)16(2)3/h6-13,16-17H,5,14-15H2,1-4H3,(H,25,28)/t17-/m1/s1. The molecular formula is C23H29FN2O3. The number of carbonyl (C=O) groups is 2.